The molecule has 1 aliphatic heterocycles. The predicted molar refractivity (Wildman–Crippen MR) is 114 cm³/mol. The number of rotatable bonds is 5. The van der Waals surface area contributed by atoms with Gasteiger partial charge in [0.25, 0.3) is 0 Å². The van der Waals surface area contributed by atoms with Crippen LogP contribution in [0.5, 0.6) is 0 Å². The number of aliphatic hydroxyl groups is 2. The number of alkyl halides is 2. The van der Waals surface area contributed by atoms with Crippen molar-refractivity contribution in [2.45, 2.75) is 82.0 Å². The zero-order valence-corrected chi connectivity index (χ0v) is 19.4. The van der Waals surface area contributed by atoms with Crippen molar-refractivity contribution in [1.29, 1.82) is 0 Å². The molecule has 8 heteroatoms. The number of ether oxygens (including phenoxy) is 2. The number of fused-ring (bicyclic) bond motifs is 5. The number of Topliss-reactive ketones (excluding diaryl/α,β-unsaturated/α-hetero) is 1. The highest BCUT2D eigenvalue weighted by Gasteiger charge is 2.76. The summed E-state index contributed by atoms with van der Waals surface area (Å²) in [5, 5.41) is 23.2. The second-order valence-electron chi connectivity index (χ2n) is 11.0. The summed E-state index contributed by atoms with van der Waals surface area (Å²) < 4.78 is 28.4. The average molecular weight is 471 g/mol. The standard InChI is InChI=1S/C24H32ClFO6/c1-21-6-5-14(27)7-13(21)3-4-16-17-8-20(32-12-15-11-31-15)24(30,19(29)10-25)22(17,2)9-18(28)23(16,21)26/h7,15-18,20,28,30H,3-6,8-12H2,1-2H3/t15?,16-,17-,18-,20+,21-,22-,23-,24+/m0/s1. The molecule has 0 spiro atoms. The highest BCUT2D eigenvalue weighted by molar-refractivity contribution is 6.29. The van der Waals surface area contributed by atoms with E-state index in [1.54, 1.807) is 13.0 Å². The Labute approximate surface area is 192 Å². The van der Waals surface area contributed by atoms with Gasteiger partial charge in [-0.15, -0.1) is 11.6 Å². The minimum absolute atomic E-state index is 0.00775. The van der Waals surface area contributed by atoms with E-state index in [0.29, 0.717) is 32.3 Å². The first kappa shape index (κ1) is 22.9. The number of allylic oxidation sites excluding steroid dienone is 1. The second kappa shape index (κ2) is 7.32. The molecule has 4 aliphatic carbocycles. The molecular formula is C24H32ClFO6. The fourth-order valence-corrected chi connectivity index (χ4v) is 7.94. The first-order valence-electron chi connectivity index (χ1n) is 11.7. The van der Waals surface area contributed by atoms with E-state index in [1.165, 1.54) is 0 Å². The van der Waals surface area contributed by atoms with Crippen molar-refractivity contribution < 1.29 is 33.7 Å². The second-order valence-corrected chi connectivity index (χ2v) is 11.2. The van der Waals surface area contributed by atoms with Gasteiger partial charge in [0.1, 0.15) is 11.8 Å². The summed E-state index contributed by atoms with van der Waals surface area (Å²) in [6.07, 6.45) is 1.20. The van der Waals surface area contributed by atoms with Crippen LogP contribution in [0.2, 0.25) is 0 Å². The molecular weight excluding hydrogens is 439 g/mol. The van der Waals surface area contributed by atoms with Gasteiger partial charge in [-0.3, -0.25) is 9.59 Å². The number of epoxide rings is 1. The molecule has 0 aromatic heterocycles. The van der Waals surface area contributed by atoms with Crippen molar-refractivity contribution in [3.8, 4) is 0 Å². The molecule has 5 aliphatic rings. The van der Waals surface area contributed by atoms with Gasteiger partial charge in [-0.05, 0) is 44.1 Å². The summed E-state index contributed by atoms with van der Waals surface area (Å²) in [6, 6.07) is 0. The third-order valence-corrected chi connectivity index (χ3v) is 9.91. The Morgan fingerprint density at radius 2 is 2.06 bits per heavy atom. The van der Waals surface area contributed by atoms with Crippen molar-refractivity contribution in [3.05, 3.63) is 11.6 Å². The maximum absolute atomic E-state index is 17.2. The molecule has 5 rings (SSSR count). The van der Waals surface area contributed by atoms with Crippen LogP contribution < -0.4 is 0 Å². The number of carbonyl (C=O) groups is 2. The van der Waals surface area contributed by atoms with Crippen LogP contribution in [-0.2, 0) is 19.1 Å². The number of aliphatic hydroxyl groups excluding tert-OH is 1. The van der Waals surface area contributed by atoms with Crippen LogP contribution in [0.1, 0.15) is 52.4 Å². The average Bonchev–Trinajstić information content (AvgIpc) is 3.55. The van der Waals surface area contributed by atoms with Crippen molar-refractivity contribution in [2.75, 3.05) is 19.1 Å². The van der Waals surface area contributed by atoms with E-state index in [2.05, 4.69) is 0 Å². The van der Waals surface area contributed by atoms with Crippen molar-refractivity contribution in [3.63, 3.8) is 0 Å². The summed E-state index contributed by atoms with van der Waals surface area (Å²) in [7, 11) is 0. The molecule has 6 nitrogen and oxygen atoms in total. The maximum Gasteiger partial charge on any atom is 0.182 e. The van der Waals surface area contributed by atoms with Crippen molar-refractivity contribution in [1.82, 2.24) is 0 Å². The lowest BCUT2D eigenvalue weighted by atomic mass is 9.44. The Kier molecular flexibility index (Phi) is 5.24. The van der Waals surface area contributed by atoms with E-state index >= 15 is 4.39 Å². The van der Waals surface area contributed by atoms with E-state index in [4.69, 9.17) is 21.1 Å². The molecule has 9 atom stereocenters. The zero-order chi connectivity index (χ0) is 23.1. The van der Waals surface area contributed by atoms with Gasteiger partial charge in [0.2, 0.25) is 0 Å². The minimum Gasteiger partial charge on any atom is -0.390 e. The number of carbonyl (C=O) groups excluding carboxylic acids is 2. The molecule has 178 valence electrons. The van der Waals surface area contributed by atoms with Crippen molar-refractivity contribution >= 4 is 23.2 Å². The number of hydrogen-bond acceptors (Lipinski definition) is 6. The Bertz CT molecular complexity index is 875. The first-order chi connectivity index (χ1) is 15.0. The molecule has 0 aromatic carbocycles. The van der Waals surface area contributed by atoms with Crippen LogP contribution in [0.3, 0.4) is 0 Å². The van der Waals surface area contributed by atoms with Crippen LogP contribution in [0.15, 0.2) is 11.6 Å². The summed E-state index contributed by atoms with van der Waals surface area (Å²) in [6.45, 7) is 4.44. The maximum atomic E-state index is 17.2. The Morgan fingerprint density at radius 3 is 2.72 bits per heavy atom. The molecule has 0 aromatic rings. The Hall–Kier alpha value is -0.860. The summed E-state index contributed by atoms with van der Waals surface area (Å²) in [5.74, 6) is -1.85. The lowest BCUT2D eigenvalue weighted by molar-refractivity contribution is -0.230. The quantitative estimate of drug-likeness (QED) is 0.473. The van der Waals surface area contributed by atoms with Crippen LogP contribution in [0, 0.1) is 22.7 Å². The largest absolute Gasteiger partial charge is 0.390 e. The van der Waals surface area contributed by atoms with Crippen molar-refractivity contribution in [2.24, 2.45) is 22.7 Å². The number of ketones is 2. The molecule has 0 radical (unpaired) electrons. The Balaban J connectivity index is 1.56. The highest BCUT2D eigenvalue weighted by Crippen LogP contribution is 2.70. The molecule has 0 bridgehead atoms. The third kappa shape index (κ3) is 2.78. The predicted octanol–water partition coefficient (Wildman–Crippen LogP) is 2.51. The van der Waals surface area contributed by atoms with Gasteiger partial charge in [-0.2, -0.15) is 0 Å². The van der Waals surface area contributed by atoms with E-state index in [1.807, 2.05) is 6.92 Å². The SMILES string of the molecule is C[C@]12CCC(=O)C=C1CC[C@H]1[C@@H]3C[C@@H](OCC4CO4)[C@](O)(C(=O)CCl)[C@@]3(C)C[C@H](O)[C@@]12F. The van der Waals surface area contributed by atoms with Gasteiger partial charge in [-0.1, -0.05) is 19.4 Å². The summed E-state index contributed by atoms with van der Waals surface area (Å²) in [4.78, 5) is 25.1. The lowest BCUT2D eigenvalue weighted by Gasteiger charge is -2.63. The monoisotopic (exact) mass is 470 g/mol. The highest BCUT2D eigenvalue weighted by atomic mass is 35.5. The van der Waals surface area contributed by atoms with Gasteiger partial charge in [-0.25, -0.2) is 4.39 Å². The molecule has 1 heterocycles. The van der Waals surface area contributed by atoms with Gasteiger partial charge in [0, 0.05) is 23.2 Å². The number of hydrogen-bond donors (Lipinski definition) is 2. The van der Waals surface area contributed by atoms with Gasteiger partial charge >= 0.3 is 0 Å². The zero-order valence-electron chi connectivity index (χ0n) is 18.6. The molecule has 3 saturated carbocycles. The summed E-state index contributed by atoms with van der Waals surface area (Å²) in [5.41, 5.74) is -5.09. The molecule has 32 heavy (non-hydrogen) atoms. The molecule has 1 saturated heterocycles. The summed E-state index contributed by atoms with van der Waals surface area (Å²) >= 11 is 5.92. The van der Waals surface area contributed by atoms with E-state index in [0.717, 1.165) is 5.57 Å². The van der Waals surface area contributed by atoms with Crippen LogP contribution in [0.25, 0.3) is 0 Å². The molecule has 2 N–H and O–H groups in total. The van der Waals surface area contributed by atoms with Gasteiger partial charge in [0.05, 0.1) is 31.3 Å². The fourth-order valence-electron chi connectivity index (χ4n) is 7.74. The third-order valence-electron chi connectivity index (χ3n) is 9.67. The van der Waals surface area contributed by atoms with E-state index in [-0.39, 0.29) is 43.1 Å². The molecule has 4 fully saturated rings. The van der Waals surface area contributed by atoms with Crippen LogP contribution in [0.4, 0.5) is 4.39 Å². The smallest absolute Gasteiger partial charge is 0.182 e. The van der Waals surface area contributed by atoms with Gasteiger partial charge < -0.3 is 19.7 Å². The fraction of sp³-hybridized carbons (Fsp3) is 0.833. The van der Waals surface area contributed by atoms with Crippen LogP contribution in [-0.4, -0.2) is 70.5 Å². The molecule has 1 unspecified atom stereocenters. The van der Waals surface area contributed by atoms with E-state index in [9.17, 15) is 19.8 Å². The first-order valence-corrected chi connectivity index (χ1v) is 12.2. The van der Waals surface area contributed by atoms with E-state index < -0.39 is 46.0 Å². The van der Waals surface area contributed by atoms with Gasteiger partial charge in [0.15, 0.2) is 17.2 Å². The number of halogens is 2. The minimum atomic E-state index is -1.94. The molecule has 0 amide bonds. The topological polar surface area (TPSA) is 96.4 Å². The lowest BCUT2D eigenvalue weighted by Crippen LogP contribution is -2.70. The Morgan fingerprint density at radius 1 is 1.34 bits per heavy atom. The van der Waals surface area contributed by atoms with Crippen LogP contribution >= 0.6 is 11.6 Å². The normalized spacial score (nSPS) is 52.0.